The molecule has 1 fully saturated rings. The molecule has 30 heavy (non-hydrogen) atoms. The smallest absolute Gasteiger partial charge is 0.310 e. The Morgan fingerprint density at radius 2 is 2.00 bits per heavy atom. The molecule has 11 heteroatoms. The van der Waals surface area contributed by atoms with E-state index in [0.29, 0.717) is 18.9 Å². The average molecular weight is 424 g/mol. The van der Waals surface area contributed by atoms with Crippen molar-refractivity contribution in [3.63, 3.8) is 0 Å². The van der Waals surface area contributed by atoms with Crippen LogP contribution in [0, 0.1) is 29.4 Å². The van der Waals surface area contributed by atoms with Gasteiger partial charge in [0.25, 0.3) is 5.56 Å². The minimum Gasteiger partial charge on any atom is -0.310 e. The predicted molar refractivity (Wildman–Crippen MR) is 94.3 cm³/mol. The number of hydrogen-bond acceptors (Lipinski definition) is 3. The molecule has 0 radical (unpaired) electrons. The van der Waals surface area contributed by atoms with E-state index in [1.807, 2.05) is 11.2 Å². The van der Waals surface area contributed by atoms with E-state index in [0.717, 1.165) is 17.0 Å². The number of benzene rings is 1. The van der Waals surface area contributed by atoms with Gasteiger partial charge in [-0.25, -0.2) is 18.6 Å². The van der Waals surface area contributed by atoms with Gasteiger partial charge in [0.15, 0.2) is 5.82 Å². The number of urea groups is 1. The van der Waals surface area contributed by atoms with Crippen LogP contribution in [0.15, 0.2) is 29.5 Å². The third-order valence-electron chi connectivity index (χ3n) is 4.84. The van der Waals surface area contributed by atoms with Crippen LogP contribution < -0.4 is 16.2 Å². The number of anilines is 1. The molecule has 0 bridgehead atoms. The average Bonchev–Trinajstić information content (AvgIpc) is 3.49. The largest absolute Gasteiger partial charge is 0.427 e. The second kappa shape index (κ2) is 6.83. The third-order valence-corrected chi connectivity index (χ3v) is 4.84. The Bertz CT molecular complexity index is 1160. The Morgan fingerprint density at radius 3 is 2.63 bits per heavy atom. The van der Waals surface area contributed by atoms with Gasteiger partial charge in [-0.15, -0.1) is 0 Å². The molecule has 1 aromatic heterocycles. The van der Waals surface area contributed by atoms with Crippen LogP contribution in [0.1, 0.15) is 24.0 Å². The van der Waals surface area contributed by atoms with Gasteiger partial charge in [0, 0.05) is 29.3 Å². The first-order valence-corrected chi connectivity index (χ1v) is 8.83. The highest BCUT2D eigenvalue weighted by Crippen LogP contribution is 2.46. The van der Waals surface area contributed by atoms with Crippen molar-refractivity contribution in [2.24, 2.45) is 5.92 Å². The van der Waals surface area contributed by atoms with E-state index in [-0.39, 0.29) is 5.92 Å². The number of amides is 2. The molecule has 0 spiro atoms. The molecule has 4 rings (SSSR count). The standard InChI is InChI=1S/C19H13F5N4O2/c20-13-7-12-16(15(21)11(13)8-28-9-25-6-4-14(28)29)26-17(30)27-18(12,19(22,23)24)5-3-10-1-2-10/h4,6-7,9-10H,1-2,8H2,(H2,26,27,30). The molecule has 2 heterocycles. The summed E-state index contributed by atoms with van der Waals surface area (Å²) in [6, 6.07) is 0.207. The van der Waals surface area contributed by atoms with E-state index in [1.54, 1.807) is 5.32 Å². The monoisotopic (exact) mass is 424 g/mol. The second-order valence-electron chi connectivity index (χ2n) is 6.99. The van der Waals surface area contributed by atoms with Crippen LogP contribution in [0.3, 0.4) is 0 Å². The Hall–Kier alpha value is -3.42. The summed E-state index contributed by atoms with van der Waals surface area (Å²) in [6.07, 6.45) is -1.71. The Kier molecular flexibility index (Phi) is 4.52. The van der Waals surface area contributed by atoms with E-state index >= 15 is 4.39 Å². The lowest BCUT2D eigenvalue weighted by Crippen LogP contribution is -2.59. The molecule has 2 amide bonds. The maximum Gasteiger partial charge on any atom is 0.427 e. The maximum absolute atomic E-state index is 15.1. The first kappa shape index (κ1) is 19.9. The maximum atomic E-state index is 15.1. The number of alkyl halides is 3. The van der Waals surface area contributed by atoms with Gasteiger partial charge in [-0.3, -0.25) is 9.36 Å². The number of carbonyl (C=O) groups excluding carboxylic acids is 1. The molecule has 6 nitrogen and oxygen atoms in total. The zero-order valence-electron chi connectivity index (χ0n) is 15.1. The molecule has 0 saturated heterocycles. The lowest BCUT2D eigenvalue weighted by molar-refractivity contribution is -0.178. The van der Waals surface area contributed by atoms with E-state index in [2.05, 4.69) is 10.9 Å². The molecule has 1 atom stereocenters. The van der Waals surface area contributed by atoms with Crippen LogP contribution in [-0.2, 0) is 12.1 Å². The lowest BCUT2D eigenvalue weighted by Gasteiger charge is -2.37. The van der Waals surface area contributed by atoms with Gasteiger partial charge in [-0.1, -0.05) is 11.8 Å². The lowest BCUT2D eigenvalue weighted by atomic mass is 9.85. The van der Waals surface area contributed by atoms with Crippen molar-refractivity contribution in [3.05, 3.63) is 57.8 Å². The number of rotatable bonds is 2. The number of nitrogens with zero attached hydrogens (tertiary/aromatic N) is 2. The van der Waals surface area contributed by atoms with Crippen molar-refractivity contribution in [3.8, 4) is 11.8 Å². The minimum absolute atomic E-state index is 0.258. The van der Waals surface area contributed by atoms with E-state index < -0.39 is 58.3 Å². The van der Waals surface area contributed by atoms with Gasteiger partial charge in [0.05, 0.1) is 18.6 Å². The molecular formula is C19H13F5N4O2. The quantitative estimate of drug-likeness (QED) is 0.575. The Morgan fingerprint density at radius 1 is 1.27 bits per heavy atom. The van der Waals surface area contributed by atoms with Gasteiger partial charge in [-0.2, -0.15) is 13.2 Å². The predicted octanol–water partition coefficient (Wildman–Crippen LogP) is 2.88. The van der Waals surface area contributed by atoms with Crippen molar-refractivity contribution >= 4 is 11.7 Å². The summed E-state index contributed by atoms with van der Waals surface area (Å²) in [4.78, 5) is 27.5. The zero-order valence-corrected chi connectivity index (χ0v) is 15.1. The third kappa shape index (κ3) is 3.28. The van der Waals surface area contributed by atoms with Gasteiger partial charge in [0.1, 0.15) is 5.82 Å². The number of nitrogens with one attached hydrogen (secondary N) is 2. The molecule has 1 aliphatic heterocycles. The number of fused-ring (bicyclic) bond motifs is 1. The van der Waals surface area contributed by atoms with Crippen LogP contribution in [0.2, 0.25) is 0 Å². The van der Waals surface area contributed by atoms with Crippen LogP contribution in [-0.4, -0.2) is 21.8 Å². The first-order valence-electron chi connectivity index (χ1n) is 8.83. The number of carbonyl (C=O) groups is 1. The normalized spacial score (nSPS) is 20.5. The molecule has 156 valence electrons. The van der Waals surface area contributed by atoms with E-state index in [4.69, 9.17) is 0 Å². The topological polar surface area (TPSA) is 76.0 Å². The minimum atomic E-state index is -5.15. The molecule has 2 N–H and O–H groups in total. The second-order valence-corrected chi connectivity index (χ2v) is 6.99. The molecule has 2 aromatic rings. The number of halogens is 5. The van der Waals surface area contributed by atoms with Gasteiger partial charge >= 0.3 is 12.2 Å². The summed E-state index contributed by atoms with van der Waals surface area (Å²) < 4.78 is 72.9. The first-order chi connectivity index (χ1) is 14.1. The fraction of sp³-hybridized carbons (Fsp3) is 0.316. The molecule has 1 aromatic carbocycles. The number of aromatic nitrogens is 2. The van der Waals surface area contributed by atoms with Crippen LogP contribution >= 0.6 is 0 Å². The molecular weight excluding hydrogens is 411 g/mol. The fourth-order valence-corrected chi connectivity index (χ4v) is 3.10. The van der Waals surface area contributed by atoms with E-state index in [9.17, 15) is 27.2 Å². The molecule has 1 saturated carbocycles. The van der Waals surface area contributed by atoms with Crippen molar-refractivity contribution in [1.29, 1.82) is 0 Å². The van der Waals surface area contributed by atoms with Gasteiger partial charge in [-0.05, 0) is 18.9 Å². The summed E-state index contributed by atoms with van der Waals surface area (Å²) >= 11 is 0. The highest BCUT2D eigenvalue weighted by Gasteiger charge is 2.60. The van der Waals surface area contributed by atoms with Gasteiger partial charge in [0.2, 0.25) is 5.54 Å². The fourth-order valence-electron chi connectivity index (χ4n) is 3.10. The highest BCUT2D eigenvalue weighted by molar-refractivity contribution is 5.95. The Balaban J connectivity index is 1.90. The molecule has 2 aliphatic rings. The van der Waals surface area contributed by atoms with Crippen molar-refractivity contribution in [1.82, 2.24) is 14.9 Å². The van der Waals surface area contributed by atoms with Crippen LogP contribution in [0.4, 0.5) is 32.4 Å². The van der Waals surface area contributed by atoms with Crippen LogP contribution in [0.5, 0.6) is 0 Å². The van der Waals surface area contributed by atoms with Crippen molar-refractivity contribution in [2.75, 3.05) is 5.32 Å². The van der Waals surface area contributed by atoms with Crippen LogP contribution in [0.25, 0.3) is 0 Å². The summed E-state index contributed by atoms with van der Waals surface area (Å²) in [5.74, 6) is 1.44. The number of hydrogen-bond donors (Lipinski definition) is 2. The zero-order chi connectivity index (χ0) is 21.7. The summed E-state index contributed by atoms with van der Waals surface area (Å²) in [5, 5.41) is 3.66. The Labute approximate surface area is 166 Å². The summed E-state index contributed by atoms with van der Waals surface area (Å²) in [6.45, 7) is -0.631. The summed E-state index contributed by atoms with van der Waals surface area (Å²) in [7, 11) is 0. The van der Waals surface area contributed by atoms with Gasteiger partial charge < -0.3 is 10.6 Å². The van der Waals surface area contributed by atoms with E-state index in [1.165, 1.54) is 6.20 Å². The SMILES string of the molecule is O=C1Nc2c(cc(F)c(Cn3cnccc3=O)c2F)C(C#CC2CC2)(C(F)(F)F)N1. The van der Waals surface area contributed by atoms with Crippen molar-refractivity contribution < 1.29 is 26.7 Å². The van der Waals surface area contributed by atoms with Crippen molar-refractivity contribution in [2.45, 2.75) is 31.1 Å². The molecule has 1 aliphatic carbocycles. The summed E-state index contributed by atoms with van der Waals surface area (Å²) in [5.41, 5.74) is -6.31. The highest BCUT2D eigenvalue weighted by atomic mass is 19.4. The molecule has 1 unspecified atom stereocenters.